The summed E-state index contributed by atoms with van der Waals surface area (Å²) < 4.78 is 5.89. The molecule has 31 heavy (non-hydrogen) atoms. The molecule has 1 aliphatic heterocycles. The average Bonchev–Trinajstić information content (AvgIpc) is 3.21. The van der Waals surface area contributed by atoms with Gasteiger partial charge in [-0.25, -0.2) is 4.98 Å². The van der Waals surface area contributed by atoms with Crippen molar-refractivity contribution in [3.8, 4) is 22.8 Å². The van der Waals surface area contributed by atoms with Crippen LogP contribution in [0.3, 0.4) is 0 Å². The molecule has 2 aromatic carbocycles. The number of hydrogen-bond donors (Lipinski definition) is 1. The van der Waals surface area contributed by atoms with Crippen molar-refractivity contribution in [1.29, 1.82) is 0 Å². The maximum atomic E-state index is 12.6. The molecule has 3 aromatic rings. The Bertz CT molecular complexity index is 1020. The highest BCUT2D eigenvalue weighted by Crippen LogP contribution is 2.44. The Hall–Kier alpha value is -2.86. The lowest BCUT2D eigenvalue weighted by Gasteiger charge is -2.50. The molecule has 1 saturated heterocycles. The van der Waals surface area contributed by atoms with Crippen molar-refractivity contribution in [2.45, 2.75) is 33.1 Å². The van der Waals surface area contributed by atoms with Crippen molar-refractivity contribution < 1.29 is 9.53 Å². The van der Waals surface area contributed by atoms with E-state index in [0.29, 0.717) is 10.3 Å². The minimum absolute atomic E-state index is 0.0980. The van der Waals surface area contributed by atoms with E-state index in [9.17, 15) is 4.79 Å². The maximum Gasteiger partial charge on any atom is 0.263 e. The van der Waals surface area contributed by atoms with E-state index in [4.69, 9.17) is 9.72 Å². The third-order valence-electron chi connectivity index (χ3n) is 6.01. The molecule has 0 atom stereocenters. The van der Waals surface area contributed by atoms with Crippen LogP contribution >= 0.6 is 11.3 Å². The number of anilines is 1. The summed E-state index contributed by atoms with van der Waals surface area (Å²) in [4.78, 5) is 20.4. The lowest BCUT2D eigenvalue weighted by molar-refractivity contribution is 0.0967. The molecule has 1 N–H and O–H groups in total. The van der Waals surface area contributed by atoms with E-state index in [-0.39, 0.29) is 5.91 Å². The smallest absolute Gasteiger partial charge is 0.263 e. The molecule has 0 radical (unpaired) electrons. The highest BCUT2D eigenvalue weighted by molar-refractivity contribution is 7.18. The van der Waals surface area contributed by atoms with Gasteiger partial charge < -0.3 is 15.0 Å². The molecule has 0 aliphatic carbocycles. The maximum absolute atomic E-state index is 12.6. The minimum atomic E-state index is -0.0980. The van der Waals surface area contributed by atoms with E-state index in [1.54, 1.807) is 7.05 Å². The predicted molar refractivity (Wildman–Crippen MR) is 127 cm³/mol. The summed E-state index contributed by atoms with van der Waals surface area (Å²) in [6.45, 7) is 6.55. The topological polar surface area (TPSA) is 54.5 Å². The highest BCUT2D eigenvalue weighted by Gasteiger charge is 2.42. The zero-order valence-electron chi connectivity index (χ0n) is 18.4. The van der Waals surface area contributed by atoms with Gasteiger partial charge in [-0.3, -0.25) is 4.79 Å². The van der Waals surface area contributed by atoms with Gasteiger partial charge in [-0.1, -0.05) is 49.8 Å². The third kappa shape index (κ3) is 4.44. The molecular formula is C25H29N3O2S. The van der Waals surface area contributed by atoms with Crippen LogP contribution in [-0.2, 0) is 0 Å². The second-order valence-corrected chi connectivity index (χ2v) is 9.13. The Morgan fingerprint density at radius 2 is 1.77 bits per heavy atom. The van der Waals surface area contributed by atoms with Crippen LogP contribution in [0.5, 0.6) is 11.5 Å². The van der Waals surface area contributed by atoms with Crippen LogP contribution in [0.25, 0.3) is 11.3 Å². The first-order chi connectivity index (χ1) is 15.1. The van der Waals surface area contributed by atoms with Crippen molar-refractivity contribution in [2.24, 2.45) is 5.41 Å². The fourth-order valence-electron chi connectivity index (χ4n) is 4.20. The summed E-state index contributed by atoms with van der Waals surface area (Å²) in [5.74, 6) is 1.45. The number of aromatic nitrogens is 1. The van der Waals surface area contributed by atoms with Crippen LogP contribution in [0.2, 0.25) is 0 Å². The van der Waals surface area contributed by atoms with Crippen molar-refractivity contribution in [3.63, 3.8) is 0 Å². The van der Waals surface area contributed by atoms with Crippen molar-refractivity contribution in [1.82, 2.24) is 10.3 Å². The van der Waals surface area contributed by atoms with Gasteiger partial charge in [0, 0.05) is 31.1 Å². The third-order valence-corrected chi connectivity index (χ3v) is 7.12. The van der Waals surface area contributed by atoms with Crippen molar-refractivity contribution >= 4 is 22.4 Å². The second kappa shape index (κ2) is 9.10. The molecular weight excluding hydrogens is 406 g/mol. The van der Waals surface area contributed by atoms with E-state index < -0.39 is 0 Å². The zero-order chi connectivity index (χ0) is 21.8. The molecule has 1 amide bonds. The van der Waals surface area contributed by atoms with Gasteiger partial charge in [0.15, 0.2) is 5.13 Å². The van der Waals surface area contributed by atoms with E-state index in [2.05, 4.69) is 24.1 Å². The van der Waals surface area contributed by atoms with Crippen LogP contribution in [0.4, 0.5) is 5.13 Å². The molecule has 1 fully saturated rings. The Kier molecular flexibility index (Phi) is 6.28. The van der Waals surface area contributed by atoms with E-state index in [0.717, 1.165) is 41.0 Å². The summed E-state index contributed by atoms with van der Waals surface area (Å²) >= 11 is 1.48. The number of thiazole rings is 1. The SMILES string of the molecule is CCCC1(CC)CN(c2nc(-c3ccc(Oc4ccccc4)cc3)c(C(=O)NC)s2)C1. The average molecular weight is 436 g/mol. The molecule has 0 unspecified atom stereocenters. The number of benzene rings is 2. The normalized spacial score (nSPS) is 14.7. The van der Waals surface area contributed by atoms with E-state index >= 15 is 0 Å². The summed E-state index contributed by atoms with van der Waals surface area (Å²) in [6, 6.07) is 17.5. The largest absolute Gasteiger partial charge is 0.457 e. The molecule has 4 rings (SSSR count). The van der Waals surface area contributed by atoms with Gasteiger partial charge >= 0.3 is 0 Å². The quantitative estimate of drug-likeness (QED) is 0.473. The Morgan fingerprint density at radius 3 is 2.39 bits per heavy atom. The number of para-hydroxylation sites is 1. The number of rotatable bonds is 8. The number of carbonyl (C=O) groups is 1. The fraction of sp³-hybridized carbons (Fsp3) is 0.360. The molecule has 1 aromatic heterocycles. The Balaban J connectivity index is 1.57. The monoisotopic (exact) mass is 435 g/mol. The number of hydrogen-bond acceptors (Lipinski definition) is 5. The first kappa shape index (κ1) is 21.4. The van der Waals surface area contributed by atoms with Gasteiger partial charge in [-0.2, -0.15) is 0 Å². The van der Waals surface area contributed by atoms with E-state index in [1.807, 2.05) is 54.6 Å². The standard InChI is InChI=1S/C25H29N3O2S/c1-4-15-25(5-2)16-28(17-25)24-27-21(22(31-24)23(29)26-3)18-11-13-20(14-12-18)30-19-9-7-6-8-10-19/h6-14H,4-5,15-17H2,1-3H3,(H,26,29). The van der Waals surface area contributed by atoms with Gasteiger partial charge in [0.05, 0.1) is 5.69 Å². The molecule has 0 spiro atoms. The number of nitrogens with one attached hydrogen (secondary N) is 1. The predicted octanol–water partition coefficient (Wildman–Crippen LogP) is 5.98. The van der Waals surface area contributed by atoms with Gasteiger partial charge in [-0.15, -0.1) is 0 Å². The summed E-state index contributed by atoms with van der Waals surface area (Å²) in [7, 11) is 1.66. The summed E-state index contributed by atoms with van der Waals surface area (Å²) in [5, 5.41) is 3.69. The van der Waals surface area contributed by atoms with Crippen LogP contribution in [0, 0.1) is 5.41 Å². The Morgan fingerprint density at radius 1 is 1.10 bits per heavy atom. The highest BCUT2D eigenvalue weighted by atomic mass is 32.1. The van der Waals surface area contributed by atoms with E-state index in [1.165, 1.54) is 30.6 Å². The Labute approximate surface area is 188 Å². The summed E-state index contributed by atoms with van der Waals surface area (Å²) in [6.07, 6.45) is 3.62. The lowest BCUT2D eigenvalue weighted by atomic mass is 9.74. The minimum Gasteiger partial charge on any atom is -0.457 e. The second-order valence-electron chi connectivity index (χ2n) is 8.15. The molecule has 5 nitrogen and oxygen atoms in total. The molecule has 2 heterocycles. The van der Waals surface area contributed by atoms with Crippen molar-refractivity contribution in [3.05, 3.63) is 59.5 Å². The molecule has 1 aliphatic rings. The van der Waals surface area contributed by atoms with Gasteiger partial charge in [-0.05, 0) is 49.2 Å². The number of nitrogens with zero attached hydrogens (tertiary/aromatic N) is 2. The van der Waals surface area contributed by atoms with Crippen molar-refractivity contribution in [2.75, 3.05) is 25.0 Å². The molecule has 0 saturated carbocycles. The van der Waals surface area contributed by atoms with Gasteiger partial charge in [0.1, 0.15) is 16.4 Å². The summed E-state index contributed by atoms with van der Waals surface area (Å²) in [5.41, 5.74) is 2.04. The number of amides is 1. The molecule has 0 bridgehead atoms. The number of ether oxygens (including phenoxy) is 1. The fourth-order valence-corrected chi connectivity index (χ4v) is 5.23. The van der Waals surface area contributed by atoms with Crippen LogP contribution in [0.1, 0.15) is 42.8 Å². The van der Waals surface area contributed by atoms with Crippen LogP contribution < -0.4 is 15.0 Å². The number of carbonyl (C=O) groups excluding carboxylic acids is 1. The van der Waals surface area contributed by atoms with Crippen LogP contribution in [0.15, 0.2) is 54.6 Å². The van der Waals surface area contributed by atoms with Gasteiger partial charge in [0.25, 0.3) is 5.91 Å². The first-order valence-electron chi connectivity index (χ1n) is 10.9. The van der Waals surface area contributed by atoms with Crippen LogP contribution in [-0.4, -0.2) is 31.0 Å². The molecule has 162 valence electrons. The first-order valence-corrected chi connectivity index (χ1v) is 11.7. The zero-order valence-corrected chi connectivity index (χ0v) is 19.2. The lowest BCUT2D eigenvalue weighted by Crippen LogP contribution is -2.56. The van der Waals surface area contributed by atoms with Gasteiger partial charge in [0.2, 0.25) is 0 Å². The molecule has 6 heteroatoms.